The monoisotopic (exact) mass is 306 g/mol. The van der Waals surface area contributed by atoms with Crippen LogP contribution in [0.2, 0.25) is 0 Å². The average Bonchev–Trinajstić information content (AvgIpc) is 2.92. The van der Waals surface area contributed by atoms with E-state index in [9.17, 15) is 9.59 Å². The van der Waals surface area contributed by atoms with Crippen LogP contribution in [-0.4, -0.2) is 60.2 Å². The topological polar surface area (TPSA) is 70.1 Å². The van der Waals surface area contributed by atoms with E-state index in [0.29, 0.717) is 19.0 Å². The van der Waals surface area contributed by atoms with Crippen molar-refractivity contribution in [3.05, 3.63) is 35.9 Å². The highest BCUT2D eigenvalue weighted by molar-refractivity contribution is 5.69. The summed E-state index contributed by atoms with van der Waals surface area (Å²) in [5.74, 6) is -0.509. The van der Waals surface area contributed by atoms with Gasteiger partial charge in [0, 0.05) is 20.1 Å². The smallest absolute Gasteiger partial charge is 0.409 e. The second-order valence-electron chi connectivity index (χ2n) is 5.70. The number of hydrogen-bond acceptors (Lipinski definition) is 4. The Labute approximate surface area is 130 Å². The van der Waals surface area contributed by atoms with Gasteiger partial charge in [-0.05, 0) is 24.4 Å². The van der Waals surface area contributed by atoms with Crippen LogP contribution in [0.5, 0.6) is 0 Å². The zero-order valence-electron chi connectivity index (χ0n) is 12.8. The molecule has 120 valence electrons. The zero-order chi connectivity index (χ0) is 15.9. The predicted octanol–water partition coefficient (Wildman–Crippen LogP) is 1.66. The van der Waals surface area contributed by atoms with E-state index < -0.39 is 5.97 Å². The van der Waals surface area contributed by atoms with Crippen molar-refractivity contribution in [2.75, 3.05) is 33.2 Å². The van der Waals surface area contributed by atoms with Gasteiger partial charge in [0.2, 0.25) is 0 Å². The van der Waals surface area contributed by atoms with Crippen molar-refractivity contribution in [2.45, 2.75) is 13.0 Å². The number of hydrogen-bond donors (Lipinski definition) is 1. The third-order valence-corrected chi connectivity index (χ3v) is 3.78. The minimum absolute atomic E-state index is 0.0681. The van der Waals surface area contributed by atoms with Crippen molar-refractivity contribution in [3.8, 4) is 0 Å². The number of carboxylic acid groups (broad SMARTS) is 1. The minimum atomic E-state index is -0.809. The van der Waals surface area contributed by atoms with Crippen LogP contribution < -0.4 is 0 Å². The lowest BCUT2D eigenvalue weighted by atomic mass is 10.1. The van der Waals surface area contributed by atoms with Crippen LogP contribution in [0.1, 0.15) is 12.0 Å². The van der Waals surface area contributed by atoms with Crippen molar-refractivity contribution in [2.24, 2.45) is 5.92 Å². The highest BCUT2D eigenvalue weighted by Gasteiger charge is 2.26. The first kappa shape index (κ1) is 16.3. The van der Waals surface area contributed by atoms with Crippen LogP contribution in [0, 0.1) is 5.92 Å². The molecule has 1 aromatic carbocycles. The fraction of sp³-hybridized carbons (Fsp3) is 0.500. The molecule has 1 heterocycles. The first-order valence-electron chi connectivity index (χ1n) is 7.40. The lowest BCUT2D eigenvalue weighted by molar-refractivity contribution is -0.138. The summed E-state index contributed by atoms with van der Waals surface area (Å²) in [5.41, 5.74) is 0.956. The third-order valence-electron chi connectivity index (χ3n) is 3.78. The van der Waals surface area contributed by atoms with Gasteiger partial charge >= 0.3 is 12.1 Å². The number of likely N-dealkylation sites (tertiary alicyclic amines) is 1. The van der Waals surface area contributed by atoms with Crippen molar-refractivity contribution < 1.29 is 19.4 Å². The molecule has 1 atom stereocenters. The normalized spacial score (nSPS) is 18.1. The van der Waals surface area contributed by atoms with E-state index >= 15 is 0 Å². The van der Waals surface area contributed by atoms with E-state index in [-0.39, 0.29) is 19.2 Å². The molecule has 1 saturated heterocycles. The molecule has 0 unspecified atom stereocenters. The van der Waals surface area contributed by atoms with Gasteiger partial charge in [0.15, 0.2) is 0 Å². The Morgan fingerprint density at radius 1 is 1.36 bits per heavy atom. The molecule has 22 heavy (non-hydrogen) atoms. The van der Waals surface area contributed by atoms with Gasteiger partial charge in [-0.25, -0.2) is 4.79 Å². The number of nitrogens with zero attached hydrogens (tertiary/aromatic N) is 2. The summed E-state index contributed by atoms with van der Waals surface area (Å²) in [7, 11) is 1.72. The lowest BCUT2D eigenvalue weighted by Crippen LogP contribution is -2.34. The number of amides is 1. The molecule has 1 aliphatic heterocycles. The summed E-state index contributed by atoms with van der Waals surface area (Å²) in [5, 5.41) is 8.78. The molecule has 0 bridgehead atoms. The van der Waals surface area contributed by atoms with Crippen LogP contribution in [0.25, 0.3) is 0 Å². The zero-order valence-corrected chi connectivity index (χ0v) is 12.8. The van der Waals surface area contributed by atoms with E-state index in [4.69, 9.17) is 9.84 Å². The van der Waals surface area contributed by atoms with Gasteiger partial charge < -0.3 is 14.7 Å². The van der Waals surface area contributed by atoms with Crippen LogP contribution in [0.3, 0.4) is 0 Å². The van der Waals surface area contributed by atoms with Gasteiger partial charge in [0.1, 0.15) is 6.61 Å². The molecule has 1 aromatic rings. The number of ether oxygens (including phenoxy) is 1. The summed E-state index contributed by atoms with van der Waals surface area (Å²) in [6, 6.07) is 9.55. The second-order valence-corrected chi connectivity index (χ2v) is 5.70. The number of benzene rings is 1. The quantitative estimate of drug-likeness (QED) is 0.865. The van der Waals surface area contributed by atoms with E-state index in [1.54, 1.807) is 11.9 Å². The van der Waals surface area contributed by atoms with Gasteiger partial charge in [-0.15, -0.1) is 0 Å². The lowest BCUT2D eigenvalue weighted by Gasteiger charge is -2.21. The Balaban J connectivity index is 1.71. The van der Waals surface area contributed by atoms with Gasteiger partial charge in [0.05, 0.1) is 6.54 Å². The van der Waals surface area contributed by atoms with Crippen molar-refractivity contribution >= 4 is 12.1 Å². The van der Waals surface area contributed by atoms with Gasteiger partial charge in [0.25, 0.3) is 0 Å². The Hall–Kier alpha value is -2.08. The van der Waals surface area contributed by atoms with E-state index in [1.807, 2.05) is 35.2 Å². The SMILES string of the molecule is CN(C[C@H]1CCN(CC(=O)O)C1)C(=O)OCc1ccccc1. The van der Waals surface area contributed by atoms with Gasteiger partial charge in [-0.3, -0.25) is 9.69 Å². The molecule has 1 amide bonds. The second kappa shape index (κ2) is 7.79. The molecule has 2 rings (SSSR count). The van der Waals surface area contributed by atoms with Crippen molar-refractivity contribution in [1.29, 1.82) is 0 Å². The molecular formula is C16H22N2O4. The highest BCUT2D eigenvalue weighted by Crippen LogP contribution is 2.17. The predicted molar refractivity (Wildman–Crippen MR) is 81.4 cm³/mol. The van der Waals surface area contributed by atoms with E-state index in [1.165, 1.54) is 0 Å². The molecule has 6 nitrogen and oxygen atoms in total. The molecular weight excluding hydrogens is 284 g/mol. The van der Waals surface area contributed by atoms with Crippen molar-refractivity contribution in [3.63, 3.8) is 0 Å². The van der Waals surface area contributed by atoms with E-state index in [0.717, 1.165) is 18.5 Å². The average molecular weight is 306 g/mol. The summed E-state index contributed by atoms with van der Waals surface area (Å²) in [4.78, 5) is 26.1. The maximum absolute atomic E-state index is 12.0. The molecule has 0 aliphatic carbocycles. The Bertz CT molecular complexity index is 506. The summed E-state index contributed by atoms with van der Waals surface area (Å²) >= 11 is 0. The number of aliphatic carboxylic acids is 1. The Morgan fingerprint density at radius 2 is 2.09 bits per heavy atom. The Kier molecular flexibility index (Phi) is 5.77. The molecule has 0 aromatic heterocycles. The molecule has 0 spiro atoms. The molecule has 6 heteroatoms. The fourth-order valence-corrected chi connectivity index (χ4v) is 2.69. The molecule has 0 saturated carbocycles. The largest absolute Gasteiger partial charge is 0.480 e. The van der Waals surface area contributed by atoms with Crippen LogP contribution in [-0.2, 0) is 16.1 Å². The van der Waals surface area contributed by atoms with Crippen LogP contribution in [0.15, 0.2) is 30.3 Å². The molecule has 1 fully saturated rings. The molecule has 0 radical (unpaired) electrons. The van der Waals surface area contributed by atoms with Gasteiger partial charge in [-0.1, -0.05) is 30.3 Å². The first-order chi connectivity index (χ1) is 10.5. The van der Waals surface area contributed by atoms with Crippen LogP contribution >= 0.6 is 0 Å². The molecule has 1 aliphatic rings. The highest BCUT2D eigenvalue weighted by atomic mass is 16.6. The molecule has 1 N–H and O–H groups in total. The van der Waals surface area contributed by atoms with Crippen LogP contribution in [0.4, 0.5) is 4.79 Å². The maximum atomic E-state index is 12.0. The number of carbonyl (C=O) groups excluding carboxylic acids is 1. The minimum Gasteiger partial charge on any atom is -0.480 e. The maximum Gasteiger partial charge on any atom is 0.409 e. The summed E-state index contributed by atoms with van der Waals surface area (Å²) in [6.07, 6.45) is 0.560. The van der Waals surface area contributed by atoms with E-state index in [2.05, 4.69) is 0 Å². The third kappa shape index (κ3) is 5.04. The number of carboxylic acids is 1. The van der Waals surface area contributed by atoms with Gasteiger partial charge in [-0.2, -0.15) is 0 Å². The number of carbonyl (C=O) groups is 2. The Morgan fingerprint density at radius 3 is 2.77 bits per heavy atom. The number of rotatable bonds is 6. The fourth-order valence-electron chi connectivity index (χ4n) is 2.69. The summed E-state index contributed by atoms with van der Waals surface area (Å²) in [6.45, 7) is 2.40. The van der Waals surface area contributed by atoms with Crippen molar-refractivity contribution in [1.82, 2.24) is 9.80 Å². The standard InChI is InChI=1S/C16H22N2O4/c1-17(9-14-7-8-18(10-14)11-15(19)20)16(21)22-12-13-5-3-2-4-6-13/h2-6,14H,7-12H2,1H3,(H,19,20)/t14-/m1/s1. The summed E-state index contributed by atoms with van der Waals surface area (Å²) < 4.78 is 5.27. The first-order valence-corrected chi connectivity index (χ1v) is 7.40.